The number of alkyl halides is 2. The molecule has 0 nitrogen and oxygen atoms in total. The largest absolute Gasteiger partial charge is 0.273 e. The predicted molar refractivity (Wildman–Crippen MR) is 64.8 cm³/mol. The predicted octanol–water partition coefficient (Wildman–Crippen LogP) is 4.90. The molecule has 2 rings (SSSR count). The van der Waals surface area contributed by atoms with Crippen LogP contribution < -0.4 is 0 Å². The summed E-state index contributed by atoms with van der Waals surface area (Å²) in [7, 11) is 0. The highest BCUT2D eigenvalue weighted by Crippen LogP contribution is 2.44. The molecule has 0 aromatic heterocycles. The van der Waals surface area contributed by atoms with Crippen LogP contribution in [0.25, 0.3) is 0 Å². The molecule has 1 aromatic carbocycles. The van der Waals surface area contributed by atoms with E-state index in [1.165, 1.54) is 0 Å². The number of hydrogen-bond acceptors (Lipinski definition) is 0. The van der Waals surface area contributed by atoms with Gasteiger partial charge in [0, 0.05) is 16.5 Å². The molecule has 0 saturated heterocycles. The minimum absolute atomic E-state index is 0.00426. The molecule has 0 amide bonds. The van der Waals surface area contributed by atoms with Gasteiger partial charge in [0.15, 0.2) is 0 Å². The van der Waals surface area contributed by atoms with Crippen LogP contribution in [0.4, 0.5) is 8.78 Å². The second-order valence-corrected chi connectivity index (χ2v) is 5.48. The van der Waals surface area contributed by atoms with Crippen LogP contribution in [-0.2, 0) is 12.3 Å². The lowest BCUT2D eigenvalue weighted by atomic mass is 9.79. The van der Waals surface area contributed by atoms with Crippen molar-refractivity contribution in [2.45, 2.75) is 38.5 Å². The van der Waals surface area contributed by atoms with E-state index in [2.05, 4.69) is 22.9 Å². The van der Waals surface area contributed by atoms with Crippen LogP contribution in [0.3, 0.4) is 0 Å². The van der Waals surface area contributed by atoms with Crippen LogP contribution in [0.1, 0.15) is 37.3 Å². The van der Waals surface area contributed by atoms with Crippen molar-refractivity contribution in [2.24, 2.45) is 5.92 Å². The van der Waals surface area contributed by atoms with Crippen LogP contribution in [0, 0.1) is 5.92 Å². The normalized spacial score (nSPS) is 22.9. The Morgan fingerprint density at radius 1 is 1.44 bits per heavy atom. The van der Waals surface area contributed by atoms with Gasteiger partial charge in [-0.3, -0.25) is 0 Å². The first kappa shape index (κ1) is 12.0. The third kappa shape index (κ3) is 2.29. The van der Waals surface area contributed by atoms with E-state index >= 15 is 0 Å². The fraction of sp³-hybridized carbons (Fsp3) is 0.538. The Bertz CT molecular complexity index is 388. The van der Waals surface area contributed by atoms with Gasteiger partial charge in [0.25, 0.3) is 5.92 Å². The van der Waals surface area contributed by atoms with Gasteiger partial charge in [0.2, 0.25) is 0 Å². The highest BCUT2D eigenvalue weighted by molar-refractivity contribution is 9.10. The summed E-state index contributed by atoms with van der Waals surface area (Å²) in [4.78, 5) is 0. The van der Waals surface area contributed by atoms with Crippen molar-refractivity contribution in [3.63, 3.8) is 0 Å². The number of halogens is 3. The molecule has 0 spiro atoms. The molecule has 0 saturated carbocycles. The second kappa shape index (κ2) is 4.44. The van der Waals surface area contributed by atoms with E-state index in [0.29, 0.717) is 0 Å². The molecule has 1 aromatic rings. The zero-order valence-corrected chi connectivity index (χ0v) is 10.9. The van der Waals surface area contributed by atoms with Gasteiger partial charge < -0.3 is 0 Å². The summed E-state index contributed by atoms with van der Waals surface area (Å²) in [6, 6.07) is 5.25. The summed E-state index contributed by atoms with van der Waals surface area (Å²) < 4.78 is 28.6. The van der Waals surface area contributed by atoms with Crippen molar-refractivity contribution in [1.82, 2.24) is 0 Å². The van der Waals surface area contributed by atoms with Crippen LogP contribution in [-0.4, -0.2) is 0 Å². The van der Waals surface area contributed by atoms with Gasteiger partial charge in [0.1, 0.15) is 0 Å². The monoisotopic (exact) mass is 288 g/mol. The smallest absolute Gasteiger partial charge is 0.201 e. The minimum Gasteiger partial charge on any atom is -0.201 e. The minimum atomic E-state index is -2.66. The molecule has 3 heteroatoms. The Labute approximate surface area is 103 Å². The van der Waals surface area contributed by atoms with E-state index in [-0.39, 0.29) is 17.9 Å². The Morgan fingerprint density at radius 3 is 2.88 bits per heavy atom. The highest BCUT2D eigenvalue weighted by Gasteiger charge is 2.40. The van der Waals surface area contributed by atoms with Crippen LogP contribution in [0.5, 0.6) is 0 Å². The highest BCUT2D eigenvalue weighted by atomic mass is 79.9. The first-order valence-electron chi connectivity index (χ1n) is 5.69. The lowest BCUT2D eigenvalue weighted by Crippen LogP contribution is -2.27. The molecule has 88 valence electrons. The molecule has 1 atom stereocenters. The summed E-state index contributed by atoms with van der Waals surface area (Å²) in [5.74, 6) is -2.52. The molecule has 0 heterocycles. The van der Waals surface area contributed by atoms with Crippen molar-refractivity contribution in [3.8, 4) is 0 Å². The average Bonchev–Trinajstić information content (AvgIpc) is 2.19. The van der Waals surface area contributed by atoms with E-state index < -0.39 is 5.92 Å². The molecule has 1 unspecified atom stereocenters. The van der Waals surface area contributed by atoms with Crippen molar-refractivity contribution in [1.29, 1.82) is 0 Å². The summed E-state index contributed by atoms with van der Waals surface area (Å²) >= 11 is 3.25. The number of fused-ring (bicyclic) bond motifs is 1. The van der Waals surface area contributed by atoms with Gasteiger partial charge in [0.05, 0.1) is 0 Å². The summed E-state index contributed by atoms with van der Waals surface area (Å²) in [6.07, 6.45) is 2.67. The van der Waals surface area contributed by atoms with E-state index in [0.717, 1.165) is 29.3 Å². The SMILES string of the molecule is CCCC1Cc2ccc(Br)cc2C(F)(F)C1. The van der Waals surface area contributed by atoms with Crippen LogP contribution in [0.15, 0.2) is 22.7 Å². The van der Waals surface area contributed by atoms with E-state index in [4.69, 9.17) is 0 Å². The van der Waals surface area contributed by atoms with Gasteiger partial charge in [-0.25, -0.2) is 8.78 Å². The van der Waals surface area contributed by atoms with Crippen molar-refractivity contribution >= 4 is 15.9 Å². The zero-order chi connectivity index (χ0) is 11.8. The van der Waals surface area contributed by atoms with Gasteiger partial charge >= 0.3 is 0 Å². The number of benzene rings is 1. The van der Waals surface area contributed by atoms with Crippen LogP contribution in [0.2, 0.25) is 0 Å². The van der Waals surface area contributed by atoms with Crippen molar-refractivity contribution in [2.75, 3.05) is 0 Å². The molecule has 0 N–H and O–H groups in total. The third-order valence-electron chi connectivity index (χ3n) is 3.22. The molecule has 16 heavy (non-hydrogen) atoms. The van der Waals surface area contributed by atoms with E-state index in [9.17, 15) is 8.78 Å². The van der Waals surface area contributed by atoms with Crippen LogP contribution >= 0.6 is 15.9 Å². The fourth-order valence-corrected chi connectivity index (χ4v) is 2.90. The van der Waals surface area contributed by atoms with Crippen molar-refractivity contribution < 1.29 is 8.78 Å². The quantitative estimate of drug-likeness (QED) is 0.726. The molecular formula is C13H15BrF2. The zero-order valence-electron chi connectivity index (χ0n) is 9.27. The van der Waals surface area contributed by atoms with Gasteiger partial charge in [-0.1, -0.05) is 41.8 Å². The summed E-state index contributed by atoms with van der Waals surface area (Å²) in [5.41, 5.74) is 1.03. The fourth-order valence-electron chi connectivity index (χ4n) is 2.54. The maximum atomic E-state index is 13.9. The third-order valence-corrected chi connectivity index (χ3v) is 3.71. The van der Waals surface area contributed by atoms with E-state index in [1.807, 2.05) is 12.1 Å². The lowest BCUT2D eigenvalue weighted by molar-refractivity contribution is -0.0389. The molecule has 1 aliphatic carbocycles. The molecule has 0 bridgehead atoms. The molecule has 0 aliphatic heterocycles. The lowest BCUT2D eigenvalue weighted by Gasteiger charge is -2.31. The summed E-state index contributed by atoms with van der Waals surface area (Å²) in [5, 5.41) is 0. The van der Waals surface area contributed by atoms with E-state index in [1.54, 1.807) is 6.07 Å². The maximum Gasteiger partial charge on any atom is 0.273 e. The molecular weight excluding hydrogens is 274 g/mol. The molecule has 1 aliphatic rings. The topological polar surface area (TPSA) is 0 Å². The number of hydrogen-bond donors (Lipinski definition) is 0. The Balaban J connectivity index is 2.35. The first-order chi connectivity index (χ1) is 7.53. The second-order valence-electron chi connectivity index (χ2n) is 4.57. The Kier molecular flexibility index (Phi) is 3.34. The van der Waals surface area contributed by atoms with Gasteiger partial charge in [-0.2, -0.15) is 0 Å². The average molecular weight is 289 g/mol. The molecule has 0 fully saturated rings. The Morgan fingerprint density at radius 2 is 2.19 bits per heavy atom. The maximum absolute atomic E-state index is 13.9. The van der Waals surface area contributed by atoms with Gasteiger partial charge in [-0.05, 0) is 30.0 Å². The molecule has 0 radical (unpaired) electrons. The van der Waals surface area contributed by atoms with Crippen molar-refractivity contribution in [3.05, 3.63) is 33.8 Å². The van der Waals surface area contributed by atoms with Gasteiger partial charge in [-0.15, -0.1) is 0 Å². The summed E-state index contributed by atoms with van der Waals surface area (Å²) in [6.45, 7) is 2.05. The Hall–Kier alpha value is -0.440. The first-order valence-corrected chi connectivity index (χ1v) is 6.49. The standard InChI is InChI=1S/C13H15BrF2/c1-2-3-9-6-10-4-5-11(14)7-12(10)13(15,16)8-9/h4-5,7,9H,2-3,6,8H2,1H3. The number of rotatable bonds is 2.